The van der Waals surface area contributed by atoms with Crippen LogP contribution in [0.5, 0.6) is 0 Å². The zero-order valence-corrected chi connectivity index (χ0v) is 17.2. The molecule has 0 amide bonds. The average molecular weight is 431 g/mol. The summed E-state index contributed by atoms with van der Waals surface area (Å²) in [6.45, 7) is 1.69. The van der Waals surface area contributed by atoms with Crippen molar-refractivity contribution in [2.45, 2.75) is 18.4 Å². The number of aromatic nitrogens is 2. The molecule has 1 aliphatic heterocycles. The van der Waals surface area contributed by atoms with Crippen molar-refractivity contribution in [3.05, 3.63) is 87.9 Å². The van der Waals surface area contributed by atoms with E-state index in [-0.39, 0.29) is 17.9 Å². The highest BCUT2D eigenvalue weighted by Gasteiger charge is 2.35. The van der Waals surface area contributed by atoms with E-state index in [1.54, 1.807) is 0 Å². The number of hydrogen-bond acceptors (Lipinski definition) is 4. The van der Waals surface area contributed by atoms with E-state index >= 15 is 0 Å². The largest absolute Gasteiger partial charge is 0.351 e. The Hall–Kier alpha value is -2.21. The Morgan fingerprint density at radius 2 is 1.79 bits per heavy atom. The first-order valence-corrected chi connectivity index (χ1v) is 10.3. The van der Waals surface area contributed by atoms with Gasteiger partial charge < -0.3 is 10.6 Å². The molecule has 1 fully saturated rings. The van der Waals surface area contributed by atoms with Gasteiger partial charge in [-0.15, -0.1) is 0 Å². The fourth-order valence-electron chi connectivity index (χ4n) is 3.96. The van der Waals surface area contributed by atoms with Gasteiger partial charge in [-0.05, 0) is 35.6 Å². The summed E-state index contributed by atoms with van der Waals surface area (Å²) in [5.41, 5.74) is 2.36. The second kappa shape index (κ2) is 9.08. The summed E-state index contributed by atoms with van der Waals surface area (Å²) in [7, 11) is 0. The van der Waals surface area contributed by atoms with E-state index in [4.69, 9.17) is 23.2 Å². The fourth-order valence-corrected chi connectivity index (χ4v) is 4.27. The highest BCUT2D eigenvalue weighted by molar-refractivity contribution is 6.42. The van der Waals surface area contributed by atoms with Crippen LogP contribution >= 0.6 is 23.2 Å². The molecular weight excluding hydrogens is 410 g/mol. The average Bonchev–Trinajstić information content (AvgIpc) is 3.22. The van der Waals surface area contributed by atoms with Crippen LogP contribution in [0.4, 0.5) is 10.3 Å². The van der Waals surface area contributed by atoms with Crippen molar-refractivity contribution in [2.75, 3.05) is 18.4 Å². The summed E-state index contributed by atoms with van der Waals surface area (Å²) in [4.78, 5) is 8.20. The predicted molar refractivity (Wildman–Crippen MR) is 115 cm³/mol. The lowest BCUT2D eigenvalue weighted by Crippen LogP contribution is -2.36. The van der Waals surface area contributed by atoms with Gasteiger partial charge in [0.2, 0.25) is 5.95 Å². The molecule has 29 heavy (non-hydrogen) atoms. The third-order valence-corrected chi connectivity index (χ3v) is 6.12. The number of nitrogens with zero attached hydrogens (tertiary/aromatic N) is 2. The van der Waals surface area contributed by atoms with Gasteiger partial charge in [0, 0.05) is 25.0 Å². The molecule has 0 saturated carbocycles. The van der Waals surface area contributed by atoms with Gasteiger partial charge in [0.15, 0.2) is 5.82 Å². The molecule has 150 valence electrons. The molecule has 3 aromatic rings. The normalized spacial score (nSPS) is 19.8. The van der Waals surface area contributed by atoms with Gasteiger partial charge in [-0.25, -0.2) is 14.4 Å². The van der Waals surface area contributed by atoms with E-state index in [0.29, 0.717) is 16.0 Å². The molecular formula is C22H21Cl2FN4. The quantitative estimate of drug-likeness (QED) is 0.580. The number of rotatable bonds is 6. The third kappa shape index (κ3) is 4.86. The fraction of sp³-hybridized carbons (Fsp3) is 0.273. The standard InChI is InChI=1S/C22H21Cl2FN4/c23-19-7-6-15(9-20(19)24)17-12-26-13-18(17)21(8-14-4-2-1-3-5-14)29-22-27-10-16(25)11-28-22/h1-7,9-11,17-18,21,26H,8,12-13H2,(H,27,28,29). The molecule has 1 aromatic heterocycles. The first-order chi connectivity index (χ1) is 14.1. The van der Waals surface area contributed by atoms with Crippen LogP contribution in [0, 0.1) is 11.7 Å². The highest BCUT2D eigenvalue weighted by atomic mass is 35.5. The highest BCUT2D eigenvalue weighted by Crippen LogP contribution is 2.35. The molecule has 1 saturated heterocycles. The molecule has 3 atom stereocenters. The van der Waals surface area contributed by atoms with Gasteiger partial charge in [-0.3, -0.25) is 0 Å². The third-order valence-electron chi connectivity index (χ3n) is 5.38. The van der Waals surface area contributed by atoms with Gasteiger partial charge in [-0.2, -0.15) is 0 Å². The van der Waals surface area contributed by atoms with Gasteiger partial charge in [-0.1, -0.05) is 59.6 Å². The minimum absolute atomic E-state index is 0.0531. The zero-order chi connectivity index (χ0) is 20.2. The zero-order valence-electron chi connectivity index (χ0n) is 15.7. The molecule has 2 heterocycles. The van der Waals surface area contributed by atoms with Gasteiger partial charge >= 0.3 is 0 Å². The van der Waals surface area contributed by atoms with Crippen molar-refractivity contribution >= 4 is 29.2 Å². The molecule has 7 heteroatoms. The second-order valence-corrected chi connectivity index (χ2v) is 8.08. The number of nitrogens with one attached hydrogen (secondary N) is 2. The smallest absolute Gasteiger partial charge is 0.223 e. The van der Waals surface area contributed by atoms with Crippen LogP contribution in [-0.4, -0.2) is 29.1 Å². The van der Waals surface area contributed by atoms with Gasteiger partial charge in [0.1, 0.15) is 0 Å². The van der Waals surface area contributed by atoms with Crippen LogP contribution in [0.3, 0.4) is 0 Å². The monoisotopic (exact) mass is 430 g/mol. The Morgan fingerprint density at radius 3 is 2.52 bits per heavy atom. The van der Waals surface area contributed by atoms with Crippen molar-refractivity contribution in [3.63, 3.8) is 0 Å². The van der Waals surface area contributed by atoms with E-state index in [0.717, 1.165) is 25.1 Å². The van der Waals surface area contributed by atoms with Crippen LogP contribution < -0.4 is 10.6 Å². The number of halogens is 3. The van der Waals surface area contributed by atoms with E-state index in [1.165, 1.54) is 18.0 Å². The summed E-state index contributed by atoms with van der Waals surface area (Å²) in [6.07, 6.45) is 3.16. The molecule has 4 rings (SSSR count). The predicted octanol–water partition coefficient (Wildman–Crippen LogP) is 4.95. The number of anilines is 1. The second-order valence-electron chi connectivity index (χ2n) is 7.27. The minimum Gasteiger partial charge on any atom is -0.351 e. The van der Waals surface area contributed by atoms with E-state index in [2.05, 4.69) is 32.7 Å². The lowest BCUT2D eigenvalue weighted by molar-refractivity contribution is 0.433. The Bertz CT molecular complexity index is 953. The SMILES string of the molecule is Fc1cnc(NC(Cc2ccccc2)C2CNCC2c2ccc(Cl)c(Cl)c2)nc1. The van der Waals surface area contributed by atoms with Crippen LogP contribution in [0.15, 0.2) is 60.9 Å². The minimum atomic E-state index is -0.452. The maximum Gasteiger partial charge on any atom is 0.223 e. The Labute approximate surface area is 179 Å². The summed E-state index contributed by atoms with van der Waals surface area (Å²) in [6, 6.07) is 16.2. The summed E-state index contributed by atoms with van der Waals surface area (Å²) in [5.74, 6) is 0.492. The molecule has 3 unspecified atom stereocenters. The summed E-state index contributed by atoms with van der Waals surface area (Å²) < 4.78 is 13.2. The van der Waals surface area contributed by atoms with Crippen LogP contribution in [0.1, 0.15) is 17.0 Å². The van der Waals surface area contributed by atoms with Gasteiger partial charge in [0.05, 0.1) is 22.4 Å². The molecule has 0 bridgehead atoms. The van der Waals surface area contributed by atoms with Crippen molar-refractivity contribution in [2.24, 2.45) is 5.92 Å². The van der Waals surface area contributed by atoms with E-state index in [9.17, 15) is 4.39 Å². The van der Waals surface area contributed by atoms with E-state index < -0.39 is 5.82 Å². The van der Waals surface area contributed by atoms with Crippen molar-refractivity contribution in [1.29, 1.82) is 0 Å². The van der Waals surface area contributed by atoms with E-state index in [1.807, 2.05) is 36.4 Å². The summed E-state index contributed by atoms with van der Waals surface area (Å²) in [5, 5.41) is 8.05. The first-order valence-electron chi connectivity index (χ1n) is 9.54. The maximum absolute atomic E-state index is 13.2. The molecule has 4 nitrogen and oxygen atoms in total. The van der Waals surface area contributed by atoms with Crippen LogP contribution in [0.25, 0.3) is 0 Å². The maximum atomic E-state index is 13.2. The van der Waals surface area contributed by atoms with Crippen molar-refractivity contribution in [1.82, 2.24) is 15.3 Å². The van der Waals surface area contributed by atoms with Crippen LogP contribution in [-0.2, 0) is 6.42 Å². The summed E-state index contributed by atoms with van der Waals surface area (Å²) >= 11 is 12.4. The topological polar surface area (TPSA) is 49.8 Å². The molecule has 1 aliphatic rings. The first kappa shape index (κ1) is 20.1. The lowest BCUT2D eigenvalue weighted by atomic mass is 9.81. The Kier molecular flexibility index (Phi) is 6.28. The van der Waals surface area contributed by atoms with Crippen LogP contribution in [0.2, 0.25) is 10.0 Å². The van der Waals surface area contributed by atoms with Crippen molar-refractivity contribution in [3.8, 4) is 0 Å². The number of hydrogen-bond donors (Lipinski definition) is 2. The molecule has 0 aliphatic carbocycles. The molecule has 2 N–H and O–H groups in total. The van der Waals surface area contributed by atoms with Gasteiger partial charge in [0.25, 0.3) is 0 Å². The Morgan fingerprint density at radius 1 is 1.03 bits per heavy atom. The molecule has 2 aromatic carbocycles. The number of benzene rings is 2. The molecule has 0 radical (unpaired) electrons. The lowest BCUT2D eigenvalue weighted by Gasteiger charge is -2.29. The van der Waals surface area contributed by atoms with Crippen molar-refractivity contribution < 1.29 is 4.39 Å². The Balaban J connectivity index is 1.62. The molecule has 0 spiro atoms.